The third-order valence-corrected chi connectivity index (χ3v) is 3.67. The fourth-order valence-corrected chi connectivity index (χ4v) is 2.70. The van der Waals surface area contributed by atoms with Gasteiger partial charge in [-0.15, -0.1) is 0 Å². The first-order valence-corrected chi connectivity index (χ1v) is 6.72. The lowest BCUT2D eigenvalue weighted by atomic mass is 10.1. The molecule has 20 heavy (non-hydrogen) atoms. The Morgan fingerprint density at radius 1 is 1.40 bits per heavy atom. The van der Waals surface area contributed by atoms with Crippen LogP contribution in [0.4, 0.5) is 0 Å². The van der Waals surface area contributed by atoms with Gasteiger partial charge in [-0.25, -0.2) is 4.79 Å². The summed E-state index contributed by atoms with van der Waals surface area (Å²) in [6, 6.07) is 11.9. The number of aromatic nitrogens is 1. The van der Waals surface area contributed by atoms with E-state index in [0.717, 1.165) is 25.9 Å². The van der Waals surface area contributed by atoms with Crippen LogP contribution in [0.5, 0.6) is 0 Å². The highest BCUT2D eigenvalue weighted by molar-refractivity contribution is 5.85. The zero-order chi connectivity index (χ0) is 13.9. The van der Waals surface area contributed by atoms with Crippen LogP contribution in [0, 0.1) is 0 Å². The number of nitrogens with zero attached hydrogens (tertiary/aromatic N) is 2. The first-order valence-electron chi connectivity index (χ1n) is 6.72. The van der Waals surface area contributed by atoms with Crippen molar-refractivity contribution in [2.45, 2.75) is 25.4 Å². The molecule has 3 rings (SSSR count). The summed E-state index contributed by atoms with van der Waals surface area (Å²) in [5, 5.41) is 12.5. The lowest BCUT2D eigenvalue weighted by Gasteiger charge is -2.22. The SMILES string of the molecule is O=C(O)c1cc(C2CCCN2Cc2ccccc2)on1. The molecule has 1 atom stereocenters. The van der Waals surface area contributed by atoms with Gasteiger partial charge in [-0.1, -0.05) is 35.5 Å². The molecule has 0 amide bonds. The Kier molecular flexibility index (Phi) is 3.52. The molecule has 1 aromatic heterocycles. The minimum Gasteiger partial charge on any atom is -0.476 e. The Labute approximate surface area is 116 Å². The summed E-state index contributed by atoms with van der Waals surface area (Å²) in [4.78, 5) is 13.2. The Morgan fingerprint density at radius 3 is 2.90 bits per heavy atom. The Hall–Kier alpha value is -2.14. The molecule has 0 spiro atoms. The quantitative estimate of drug-likeness (QED) is 0.927. The summed E-state index contributed by atoms with van der Waals surface area (Å²) in [5.74, 6) is -0.400. The number of hydrogen-bond donors (Lipinski definition) is 1. The van der Waals surface area contributed by atoms with Crippen LogP contribution in [0.3, 0.4) is 0 Å². The predicted octanol–water partition coefficient (Wildman–Crippen LogP) is 2.71. The summed E-state index contributed by atoms with van der Waals surface area (Å²) in [6.45, 7) is 1.83. The van der Waals surface area contributed by atoms with Gasteiger partial charge in [0.15, 0.2) is 11.5 Å². The molecule has 0 bridgehead atoms. The van der Waals surface area contributed by atoms with E-state index in [9.17, 15) is 4.79 Å². The molecule has 1 unspecified atom stereocenters. The Bertz CT molecular complexity index is 594. The molecule has 1 N–H and O–H groups in total. The summed E-state index contributed by atoms with van der Waals surface area (Å²) in [5.41, 5.74) is 1.23. The van der Waals surface area contributed by atoms with Crippen molar-refractivity contribution >= 4 is 5.97 Å². The number of carboxylic acids is 1. The molecule has 0 saturated carbocycles. The minimum absolute atomic E-state index is 0.0217. The standard InChI is InChI=1S/C15H16N2O3/c18-15(19)12-9-14(20-16-12)13-7-4-8-17(13)10-11-5-2-1-3-6-11/h1-3,5-6,9,13H,4,7-8,10H2,(H,18,19). The van der Waals surface area contributed by atoms with Crippen LogP contribution in [-0.4, -0.2) is 27.7 Å². The van der Waals surface area contributed by atoms with E-state index in [-0.39, 0.29) is 11.7 Å². The zero-order valence-electron chi connectivity index (χ0n) is 11.0. The van der Waals surface area contributed by atoms with Gasteiger partial charge in [0.25, 0.3) is 0 Å². The molecule has 5 nitrogen and oxygen atoms in total. The lowest BCUT2D eigenvalue weighted by molar-refractivity contribution is 0.0685. The van der Waals surface area contributed by atoms with Gasteiger partial charge in [0, 0.05) is 12.6 Å². The number of hydrogen-bond acceptors (Lipinski definition) is 4. The molecule has 0 aliphatic carbocycles. The molecular formula is C15H16N2O3. The molecule has 104 valence electrons. The maximum atomic E-state index is 10.9. The first-order chi connectivity index (χ1) is 9.74. The minimum atomic E-state index is -1.05. The van der Waals surface area contributed by atoms with E-state index in [1.165, 1.54) is 11.6 Å². The van der Waals surface area contributed by atoms with Gasteiger partial charge < -0.3 is 9.63 Å². The fraction of sp³-hybridized carbons (Fsp3) is 0.333. The third-order valence-electron chi connectivity index (χ3n) is 3.67. The highest BCUT2D eigenvalue weighted by Crippen LogP contribution is 2.33. The van der Waals surface area contributed by atoms with Gasteiger partial charge in [0.05, 0.1) is 6.04 Å². The van der Waals surface area contributed by atoms with Gasteiger partial charge in [0.2, 0.25) is 0 Å². The molecule has 0 radical (unpaired) electrons. The average Bonchev–Trinajstić information content (AvgIpc) is 3.08. The number of aromatic carboxylic acids is 1. The van der Waals surface area contributed by atoms with E-state index in [0.29, 0.717) is 5.76 Å². The summed E-state index contributed by atoms with van der Waals surface area (Å²) >= 11 is 0. The highest BCUT2D eigenvalue weighted by Gasteiger charge is 2.29. The summed E-state index contributed by atoms with van der Waals surface area (Å²) in [7, 11) is 0. The molecule has 2 heterocycles. The number of likely N-dealkylation sites (tertiary alicyclic amines) is 1. The zero-order valence-corrected chi connectivity index (χ0v) is 11.0. The summed E-state index contributed by atoms with van der Waals surface area (Å²) < 4.78 is 5.21. The summed E-state index contributed by atoms with van der Waals surface area (Å²) in [6.07, 6.45) is 2.06. The van der Waals surface area contributed by atoms with E-state index >= 15 is 0 Å². The van der Waals surface area contributed by atoms with Gasteiger partial charge in [-0.3, -0.25) is 4.90 Å². The number of carbonyl (C=O) groups is 1. The van der Waals surface area contributed by atoms with Crippen LogP contribution in [0.15, 0.2) is 40.9 Å². The predicted molar refractivity (Wildman–Crippen MR) is 72.3 cm³/mol. The highest BCUT2D eigenvalue weighted by atomic mass is 16.5. The van der Waals surface area contributed by atoms with Crippen LogP contribution >= 0.6 is 0 Å². The van der Waals surface area contributed by atoms with E-state index in [1.54, 1.807) is 0 Å². The lowest BCUT2D eigenvalue weighted by Crippen LogP contribution is -2.22. The van der Waals surface area contributed by atoms with E-state index in [4.69, 9.17) is 9.63 Å². The number of rotatable bonds is 4. The molecule has 1 fully saturated rings. The number of carboxylic acid groups (broad SMARTS) is 1. The normalized spacial score (nSPS) is 19.3. The van der Waals surface area contributed by atoms with Gasteiger partial charge >= 0.3 is 5.97 Å². The maximum Gasteiger partial charge on any atom is 0.358 e. The molecule has 2 aromatic rings. The monoisotopic (exact) mass is 272 g/mol. The van der Waals surface area contributed by atoms with Crippen molar-refractivity contribution in [2.24, 2.45) is 0 Å². The number of benzene rings is 1. The smallest absolute Gasteiger partial charge is 0.358 e. The molecule has 1 saturated heterocycles. The van der Waals surface area contributed by atoms with Gasteiger partial charge in [-0.05, 0) is 24.9 Å². The second kappa shape index (κ2) is 5.46. The topological polar surface area (TPSA) is 66.6 Å². The van der Waals surface area contributed by atoms with Crippen molar-refractivity contribution in [3.05, 3.63) is 53.4 Å². The van der Waals surface area contributed by atoms with Crippen molar-refractivity contribution in [1.82, 2.24) is 10.1 Å². The fourth-order valence-electron chi connectivity index (χ4n) is 2.70. The van der Waals surface area contributed by atoms with Crippen molar-refractivity contribution in [1.29, 1.82) is 0 Å². The molecule has 5 heteroatoms. The van der Waals surface area contributed by atoms with Crippen LogP contribution in [0.1, 0.15) is 40.7 Å². The van der Waals surface area contributed by atoms with Crippen LogP contribution < -0.4 is 0 Å². The molecule has 1 aliphatic heterocycles. The first kappa shape index (κ1) is 12.9. The second-order valence-electron chi connectivity index (χ2n) is 5.03. The van der Waals surface area contributed by atoms with Crippen molar-refractivity contribution in [3.63, 3.8) is 0 Å². The van der Waals surface area contributed by atoms with Crippen molar-refractivity contribution < 1.29 is 14.4 Å². The van der Waals surface area contributed by atoms with E-state index < -0.39 is 5.97 Å². The second-order valence-corrected chi connectivity index (χ2v) is 5.03. The maximum absolute atomic E-state index is 10.9. The van der Waals surface area contributed by atoms with E-state index in [1.807, 2.05) is 18.2 Å². The molecule has 1 aliphatic rings. The molecular weight excluding hydrogens is 256 g/mol. The van der Waals surface area contributed by atoms with E-state index in [2.05, 4.69) is 22.2 Å². The van der Waals surface area contributed by atoms with Crippen LogP contribution in [0.2, 0.25) is 0 Å². The average molecular weight is 272 g/mol. The van der Waals surface area contributed by atoms with Crippen LogP contribution in [0.25, 0.3) is 0 Å². The van der Waals surface area contributed by atoms with Crippen molar-refractivity contribution in [2.75, 3.05) is 6.54 Å². The van der Waals surface area contributed by atoms with Gasteiger partial charge in [0.1, 0.15) is 0 Å². The largest absolute Gasteiger partial charge is 0.476 e. The van der Waals surface area contributed by atoms with Crippen molar-refractivity contribution in [3.8, 4) is 0 Å². The molecule has 1 aromatic carbocycles. The van der Waals surface area contributed by atoms with Gasteiger partial charge in [-0.2, -0.15) is 0 Å². The van der Waals surface area contributed by atoms with Crippen LogP contribution in [-0.2, 0) is 6.54 Å². The Morgan fingerprint density at radius 2 is 2.20 bits per heavy atom. The third kappa shape index (κ3) is 2.58. The Balaban J connectivity index is 1.76.